The fourth-order valence-corrected chi connectivity index (χ4v) is 6.40. The van der Waals surface area contributed by atoms with E-state index in [2.05, 4.69) is 118 Å². The molecule has 0 fully saturated rings. The van der Waals surface area contributed by atoms with Crippen molar-refractivity contribution in [3.05, 3.63) is 119 Å². The second-order valence-corrected chi connectivity index (χ2v) is 11.0. The average Bonchev–Trinajstić information content (AvgIpc) is 3.25. The van der Waals surface area contributed by atoms with Gasteiger partial charge in [-0.1, -0.05) is 150 Å². The summed E-state index contributed by atoms with van der Waals surface area (Å²) in [4.78, 5) is 0. The van der Waals surface area contributed by atoms with E-state index in [0.29, 0.717) is 5.92 Å². The van der Waals surface area contributed by atoms with Gasteiger partial charge in [-0.2, -0.15) is 0 Å². The first-order valence-corrected chi connectivity index (χ1v) is 14.6. The molecule has 0 amide bonds. The number of unbranched alkanes of at least 4 members (excludes halogenated alkanes) is 5. The molecule has 0 aromatic heterocycles. The van der Waals surface area contributed by atoms with E-state index in [1.807, 2.05) is 0 Å². The van der Waals surface area contributed by atoms with Gasteiger partial charge in [-0.3, -0.25) is 0 Å². The van der Waals surface area contributed by atoms with Gasteiger partial charge in [0.15, 0.2) is 0 Å². The van der Waals surface area contributed by atoms with Crippen molar-refractivity contribution in [2.24, 2.45) is 0 Å². The minimum absolute atomic E-state index is 0.0926. The molecule has 5 rings (SSSR count). The van der Waals surface area contributed by atoms with Crippen LogP contribution < -0.4 is 0 Å². The van der Waals surface area contributed by atoms with Crippen LogP contribution in [0.25, 0.3) is 22.3 Å². The second kappa shape index (κ2) is 11.5. The SMILES string of the molecule is CCCCCCCCC1(c2ccccc2)c2ccccc2-c2ccc(-c3ccc(C(C)CC)cc3)cc21. The number of hydrogen-bond acceptors (Lipinski definition) is 0. The minimum Gasteiger partial charge on any atom is -0.0654 e. The third kappa shape index (κ3) is 4.91. The van der Waals surface area contributed by atoms with E-state index in [-0.39, 0.29) is 5.41 Å². The van der Waals surface area contributed by atoms with Gasteiger partial charge in [0.05, 0.1) is 0 Å². The quantitative estimate of drug-likeness (QED) is 0.185. The van der Waals surface area contributed by atoms with Crippen molar-refractivity contribution in [1.82, 2.24) is 0 Å². The van der Waals surface area contributed by atoms with Crippen molar-refractivity contribution in [2.45, 2.75) is 83.5 Å². The summed E-state index contributed by atoms with van der Waals surface area (Å²) in [7, 11) is 0. The predicted molar refractivity (Wildman–Crippen MR) is 160 cm³/mol. The molecule has 0 heterocycles. The number of fused-ring (bicyclic) bond motifs is 3. The van der Waals surface area contributed by atoms with Crippen molar-refractivity contribution < 1.29 is 0 Å². The van der Waals surface area contributed by atoms with E-state index in [1.165, 1.54) is 89.5 Å². The second-order valence-electron chi connectivity index (χ2n) is 11.0. The molecule has 0 bridgehead atoms. The van der Waals surface area contributed by atoms with Crippen LogP contribution >= 0.6 is 0 Å². The lowest BCUT2D eigenvalue weighted by Gasteiger charge is -2.33. The van der Waals surface area contributed by atoms with E-state index in [4.69, 9.17) is 0 Å². The van der Waals surface area contributed by atoms with E-state index in [0.717, 1.165) is 6.42 Å². The molecular formula is C37H42. The van der Waals surface area contributed by atoms with Crippen molar-refractivity contribution in [3.8, 4) is 22.3 Å². The topological polar surface area (TPSA) is 0 Å². The zero-order valence-electron chi connectivity index (χ0n) is 23.0. The van der Waals surface area contributed by atoms with Crippen LogP contribution in [0.15, 0.2) is 97.1 Å². The van der Waals surface area contributed by atoms with Gasteiger partial charge in [-0.15, -0.1) is 0 Å². The summed E-state index contributed by atoms with van der Waals surface area (Å²) in [5, 5.41) is 0. The Bertz CT molecular complexity index is 1300. The van der Waals surface area contributed by atoms with Crippen LogP contribution in [-0.2, 0) is 5.41 Å². The molecule has 2 atom stereocenters. The summed E-state index contributed by atoms with van der Waals surface area (Å²) in [5.74, 6) is 0.603. The largest absolute Gasteiger partial charge is 0.0654 e. The Morgan fingerprint density at radius 3 is 2.00 bits per heavy atom. The van der Waals surface area contributed by atoms with Gasteiger partial charge in [0.25, 0.3) is 0 Å². The van der Waals surface area contributed by atoms with Crippen LogP contribution in [0.3, 0.4) is 0 Å². The summed E-state index contributed by atoms with van der Waals surface area (Å²) in [6.07, 6.45) is 10.3. The van der Waals surface area contributed by atoms with Gasteiger partial charge in [0, 0.05) is 5.41 Å². The Hall–Kier alpha value is -3.12. The van der Waals surface area contributed by atoms with Gasteiger partial charge in [0.2, 0.25) is 0 Å². The van der Waals surface area contributed by atoms with Crippen LogP contribution in [0.4, 0.5) is 0 Å². The van der Waals surface area contributed by atoms with Crippen LogP contribution in [0, 0.1) is 0 Å². The van der Waals surface area contributed by atoms with Crippen molar-refractivity contribution in [2.75, 3.05) is 0 Å². The standard InChI is InChI=1S/C37H42/c1-4-6-7-8-9-15-26-37(32-16-11-10-12-17-32)35-19-14-13-18-33(35)34-25-24-31(27-36(34)37)30-22-20-29(21-23-30)28(3)5-2/h10-14,16-25,27-28H,4-9,15,26H2,1-3H3. The van der Waals surface area contributed by atoms with Gasteiger partial charge in [-0.05, 0) is 69.3 Å². The highest BCUT2D eigenvalue weighted by molar-refractivity contribution is 5.86. The average molecular weight is 487 g/mol. The molecule has 4 aromatic carbocycles. The van der Waals surface area contributed by atoms with Crippen LogP contribution in [0.2, 0.25) is 0 Å². The molecule has 0 saturated carbocycles. The highest BCUT2D eigenvalue weighted by Crippen LogP contribution is 2.55. The smallest absolute Gasteiger partial charge is 0.0463 e. The molecule has 0 heteroatoms. The lowest BCUT2D eigenvalue weighted by molar-refractivity contribution is 0.506. The molecular weight excluding hydrogens is 444 g/mol. The number of rotatable bonds is 11. The Kier molecular flexibility index (Phi) is 7.94. The summed E-state index contributed by atoms with van der Waals surface area (Å²) in [6.45, 7) is 6.88. The van der Waals surface area contributed by atoms with E-state index >= 15 is 0 Å². The molecule has 1 aliphatic rings. The van der Waals surface area contributed by atoms with Crippen molar-refractivity contribution in [3.63, 3.8) is 0 Å². The van der Waals surface area contributed by atoms with Crippen LogP contribution in [0.5, 0.6) is 0 Å². The van der Waals surface area contributed by atoms with Crippen molar-refractivity contribution in [1.29, 1.82) is 0 Å². The maximum atomic E-state index is 2.51. The monoisotopic (exact) mass is 486 g/mol. The summed E-state index contributed by atoms with van der Waals surface area (Å²) >= 11 is 0. The minimum atomic E-state index is -0.0926. The maximum absolute atomic E-state index is 2.51. The molecule has 0 aliphatic heterocycles. The molecule has 0 spiro atoms. The fourth-order valence-electron chi connectivity index (χ4n) is 6.40. The predicted octanol–water partition coefficient (Wildman–Crippen LogP) is 10.9. The third-order valence-corrected chi connectivity index (χ3v) is 8.75. The molecule has 2 unspecified atom stereocenters. The van der Waals surface area contributed by atoms with Crippen molar-refractivity contribution >= 4 is 0 Å². The van der Waals surface area contributed by atoms with Gasteiger partial charge >= 0.3 is 0 Å². The molecule has 190 valence electrons. The molecule has 0 saturated heterocycles. The maximum Gasteiger partial charge on any atom is 0.0463 e. The van der Waals surface area contributed by atoms with Crippen LogP contribution in [-0.4, -0.2) is 0 Å². The van der Waals surface area contributed by atoms with Gasteiger partial charge in [-0.25, -0.2) is 0 Å². The Morgan fingerprint density at radius 2 is 1.24 bits per heavy atom. The first-order valence-electron chi connectivity index (χ1n) is 14.6. The third-order valence-electron chi connectivity index (χ3n) is 8.75. The molecule has 0 N–H and O–H groups in total. The molecule has 37 heavy (non-hydrogen) atoms. The first kappa shape index (κ1) is 25.5. The zero-order chi connectivity index (χ0) is 25.7. The lowest BCUT2D eigenvalue weighted by atomic mass is 9.69. The summed E-state index contributed by atoms with van der Waals surface area (Å²) in [6, 6.07) is 37.0. The van der Waals surface area contributed by atoms with Crippen LogP contribution in [0.1, 0.15) is 100 Å². The van der Waals surface area contributed by atoms with Gasteiger partial charge in [0.1, 0.15) is 0 Å². The first-order chi connectivity index (χ1) is 18.2. The number of hydrogen-bond donors (Lipinski definition) is 0. The van der Waals surface area contributed by atoms with E-state index < -0.39 is 0 Å². The number of benzene rings is 4. The Morgan fingerprint density at radius 1 is 0.595 bits per heavy atom. The Labute approximate surface area is 224 Å². The van der Waals surface area contributed by atoms with Gasteiger partial charge < -0.3 is 0 Å². The molecule has 0 nitrogen and oxygen atoms in total. The summed E-state index contributed by atoms with van der Waals surface area (Å²) in [5.41, 5.74) is 11.2. The molecule has 4 aromatic rings. The molecule has 1 aliphatic carbocycles. The lowest BCUT2D eigenvalue weighted by Crippen LogP contribution is -2.27. The normalized spacial score (nSPS) is 16.8. The highest BCUT2D eigenvalue weighted by Gasteiger charge is 2.44. The fraction of sp³-hybridized carbons (Fsp3) is 0.351. The Balaban J connectivity index is 1.59. The van der Waals surface area contributed by atoms with E-state index in [1.54, 1.807) is 0 Å². The highest BCUT2D eigenvalue weighted by atomic mass is 14.5. The summed E-state index contributed by atoms with van der Waals surface area (Å²) < 4.78 is 0. The molecule has 0 radical (unpaired) electrons. The zero-order valence-corrected chi connectivity index (χ0v) is 23.0. The van der Waals surface area contributed by atoms with E-state index in [9.17, 15) is 0 Å².